The van der Waals surface area contributed by atoms with E-state index in [2.05, 4.69) is 23.9 Å². The van der Waals surface area contributed by atoms with E-state index >= 15 is 0 Å². The normalized spacial score (nSPS) is 33.9. The lowest BCUT2D eigenvalue weighted by Crippen LogP contribution is -2.42. The topological polar surface area (TPSA) is 38.3 Å². The molecule has 0 aliphatic heterocycles. The summed E-state index contributed by atoms with van der Waals surface area (Å²) in [4.78, 5) is 11.0. The van der Waals surface area contributed by atoms with Crippen molar-refractivity contribution in [3.8, 4) is 0 Å². The van der Waals surface area contributed by atoms with E-state index in [9.17, 15) is 4.79 Å². The molecule has 0 aromatic rings. The molecule has 1 N–H and O–H groups in total. The molecule has 1 amide bonds. The fourth-order valence-electron chi connectivity index (χ4n) is 1.94. The summed E-state index contributed by atoms with van der Waals surface area (Å²) in [6, 6.07) is 0.302. The summed E-state index contributed by atoms with van der Waals surface area (Å²) in [7, 11) is 1.41. The van der Waals surface area contributed by atoms with Gasteiger partial charge in [0, 0.05) is 6.04 Å². The van der Waals surface area contributed by atoms with E-state index in [0.717, 1.165) is 12.3 Å². The molecular formula is C10H19NO2. The smallest absolute Gasteiger partial charge is 0.407 e. The molecular weight excluding hydrogens is 166 g/mol. The van der Waals surface area contributed by atoms with Gasteiger partial charge in [-0.2, -0.15) is 0 Å². The maximum atomic E-state index is 11.0. The van der Waals surface area contributed by atoms with Gasteiger partial charge in [0.05, 0.1) is 7.11 Å². The molecule has 0 saturated heterocycles. The monoisotopic (exact) mass is 185 g/mol. The molecule has 1 aliphatic carbocycles. The van der Waals surface area contributed by atoms with Crippen LogP contribution in [-0.4, -0.2) is 19.2 Å². The molecule has 1 fully saturated rings. The van der Waals surface area contributed by atoms with Crippen molar-refractivity contribution in [3.63, 3.8) is 0 Å². The van der Waals surface area contributed by atoms with Crippen LogP contribution in [0.25, 0.3) is 0 Å². The SMILES string of the molecule is COC(=O)NC1C[C@H](C)CCC1C. The first kappa shape index (κ1) is 10.4. The predicted molar refractivity (Wildman–Crippen MR) is 51.5 cm³/mol. The maximum absolute atomic E-state index is 11.0. The first-order valence-corrected chi connectivity index (χ1v) is 4.98. The Bertz CT molecular complexity index is 182. The predicted octanol–water partition coefficient (Wildman–Crippen LogP) is 2.17. The molecule has 1 rings (SSSR count). The van der Waals surface area contributed by atoms with Crippen molar-refractivity contribution < 1.29 is 9.53 Å². The minimum atomic E-state index is -0.300. The van der Waals surface area contributed by atoms with Crippen molar-refractivity contribution in [2.75, 3.05) is 7.11 Å². The van der Waals surface area contributed by atoms with E-state index in [-0.39, 0.29) is 6.09 Å². The zero-order valence-corrected chi connectivity index (χ0v) is 8.67. The average Bonchev–Trinajstić information content (AvgIpc) is 2.11. The van der Waals surface area contributed by atoms with Gasteiger partial charge in [-0.25, -0.2) is 4.79 Å². The van der Waals surface area contributed by atoms with Crippen molar-refractivity contribution in [2.24, 2.45) is 11.8 Å². The maximum Gasteiger partial charge on any atom is 0.407 e. The number of carbonyl (C=O) groups is 1. The van der Waals surface area contributed by atoms with Crippen LogP contribution in [0.2, 0.25) is 0 Å². The summed E-state index contributed by atoms with van der Waals surface area (Å²) in [6.07, 6.45) is 3.26. The van der Waals surface area contributed by atoms with Gasteiger partial charge in [0.15, 0.2) is 0 Å². The van der Waals surface area contributed by atoms with E-state index < -0.39 is 0 Å². The molecule has 0 spiro atoms. The largest absolute Gasteiger partial charge is 0.453 e. The molecule has 0 aromatic carbocycles. The lowest BCUT2D eigenvalue weighted by molar-refractivity contribution is 0.150. The molecule has 2 unspecified atom stereocenters. The zero-order valence-electron chi connectivity index (χ0n) is 8.67. The Morgan fingerprint density at radius 2 is 2.08 bits per heavy atom. The number of carbonyl (C=O) groups excluding carboxylic acids is 1. The van der Waals surface area contributed by atoms with Crippen LogP contribution in [-0.2, 0) is 4.74 Å². The van der Waals surface area contributed by atoms with Gasteiger partial charge in [-0.05, 0) is 24.7 Å². The summed E-state index contributed by atoms with van der Waals surface area (Å²) in [5.74, 6) is 1.30. The Kier molecular flexibility index (Phi) is 3.58. The molecule has 0 radical (unpaired) electrons. The first-order valence-electron chi connectivity index (χ1n) is 4.98. The number of nitrogens with one attached hydrogen (secondary N) is 1. The molecule has 13 heavy (non-hydrogen) atoms. The highest BCUT2D eigenvalue weighted by atomic mass is 16.5. The molecule has 1 saturated carbocycles. The molecule has 0 heterocycles. The van der Waals surface area contributed by atoms with Crippen LogP contribution < -0.4 is 5.32 Å². The van der Waals surface area contributed by atoms with Crippen LogP contribution in [0.4, 0.5) is 4.79 Å². The molecule has 1 aliphatic rings. The van der Waals surface area contributed by atoms with Crippen LogP contribution in [0.3, 0.4) is 0 Å². The quantitative estimate of drug-likeness (QED) is 0.680. The fraction of sp³-hybridized carbons (Fsp3) is 0.900. The van der Waals surface area contributed by atoms with Crippen LogP contribution >= 0.6 is 0 Å². The van der Waals surface area contributed by atoms with E-state index in [4.69, 9.17) is 0 Å². The van der Waals surface area contributed by atoms with Crippen LogP contribution in [0.1, 0.15) is 33.1 Å². The number of hydrogen-bond donors (Lipinski definition) is 1. The lowest BCUT2D eigenvalue weighted by atomic mass is 9.80. The van der Waals surface area contributed by atoms with Crippen molar-refractivity contribution in [1.82, 2.24) is 5.32 Å². The third-order valence-electron chi connectivity index (χ3n) is 2.95. The standard InChI is InChI=1S/C10H19NO2/c1-7-4-5-8(2)9(6-7)11-10(12)13-3/h7-9H,4-6H2,1-3H3,(H,11,12)/t7-,8?,9?/m1/s1. The van der Waals surface area contributed by atoms with E-state index in [1.54, 1.807) is 0 Å². The van der Waals surface area contributed by atoms with Gasteiger partial charge in [-0.15, -0.1) is 0 Å². The summed E-state index contributed by atoms with van der Waals surface area (Å²) in [5.41, 5.74) is 0. The molecule has 3 atom stereocenters. The van der Waals surface area contributed by atoms with Gasteiger partial charge in [0.2, 0.25) is 0 Å². The highest BCUT2D eigenvalue weighted by Crippen LogP contribution is 2.28. The van der Waals surface area contributed by atoms with Crippen molar-refractivity contribution >= 4 is 6.09 Å². The Balaban J connectivity index is 2.41. The highest BCUT2D eigenvalue weighted by Gasteiger charge is 2.26. The number of rotatable bonds is 1. The lowest BCUT2D eigenvalue weighted by Gasteiger charge is -2.32. The second-order valence-corrected chi connectivity index (χ2v) is 4.14. The molecule has 0 bridgehead atoms. The van der Waals surface area contributed by atoms with Crippen molar-refractivity contribution in [1.29, 1.82) is 0 Å². The number of alkyl carbamates (subject to hydrolysis) is 1. The van der Waals surface area contributed by atoms with Crippen LogP contribution in [0.15, 0.2) is 0 Å². The number of methoxy groups -OCH3 is 1. The first-order chi connectivity index (χ1) is 6.13. The van der Waals surface area contributed by atoms with Gasteiger partial charge in [-0.1, -0.05) is 20.3 Å². The van der Waals surface area contributed by atoms with E-state index in [0.29, 0.717) is 12.0 Å². The third kappa shape index (κ3) is 2.90. The minimum Gasteiger partial charge on any atom is -0.453 e. The van der Waals surface area contributed by atoms with E-state index in [1.807, 2.05) is 0 Å². The van der Waals surface area contributed by atoms with Gasteiger partial charge in [-0.3, -0.25) is 0 Å². The molecule has 0 aromatic heterocycles. The summed E-state index contributed by atoms with van der Waals surface area (Å²) >= 11 is 0. The molecule has 3 heteroatoms. The summed E-state index contributed by atoms with van der Waals surface area (Å²) < 4.78 is 4.59. The molecule has 76 valence electrons. The van der Waals surface area contributed by atoms with Crippen molar-refractivity contribution in [3.05, 3.63) is 0 Å². The number of amides is 1. The average molecular weight is 185 g/mol. The number of hydrogen-bond acceptors (Lipinski definition) is 2. The van der Waals surface area contributed by atoms with Gasteiger partial charge >= 0.3 is 6.09 Å². The third-order valence-corrected chi connectivity index (χ3v) is 2.95. The Morgan fingerprint density at radius 3 is 2.69 bits per heavy atom. The van der Waals surface area contributed by atoms with Crippen LogP contribution in [0, 0.1) is 11.8 Å². The van der Waals surface area contributed by atoms with E-state index in [1.165, 1.54) is 20.0 Å². The van der Waals surface area contributed by atoms with Gasteiger partial charge in [0.1, 0.15) is 0 Å². The Labute approximate surface area is 79.8 Å². The van der Waals surface area contributed by atoms with Gasteiger partial charge in [0.25, 0.3) is 0 Å². The summed E-state index contributed by atoms with van der Waals surface area (Å²) in [5, 5.41) is 2.89. The summed E-state index contributed by atoms with van der Waals surface area (Å²) in [6.45, 7) is 4.42. The highest BCUT2D eigenvalue weighted by molar-refractivity contribution is 5.67. The Hall–Kier alpha value is -0.730. The minimum absolute atomic E-state index is 0.300. The zero-order chi connectivity index (χ0) is 9.84. The number of ether oxygens (including phenoxy) is 1. The van der Waals surface area contributed by atoms with Crippen molar-refractivity contribution in [2.45, 2.75) is 39.2 Å². The molecule has 3 nitrogen and oxygen atoms in total. The fourth-order valence-corrected chi connectivity index (χ4v) is 1.94. The second-order valence-electron chi connectivity index (χ2n) is 4.14. The van der Waals surface area contributed by atoms with Crippen LogP contribution in [0.5, 0.6) is 0 Å². The second kappa shape index (κ2) is 4.49. The Morgan fingerprint density at radius 1 is 1.38 bits per heavy atom. The van der Waals surface area contributed by atoms with Gasteiger partial charge < -0.3 is 10.1 Å².